The average molecular weight is 355 g/mol. The Balaban J connectivity index is 1.56. The van der Waals surface area contributed by atoms with Crippen molar-refractivity contribution < 1.29 is 14.3 Å². The van der Waals surface area contributed by atoms with E-state index in [9.17, 15) is 4.79 Å². The van der Waals surface area contributed by atoms with E-state index in [1.165, 1.54) is 5.56 Å². The SMILES string of the molecule is CC(NC(=O)NCC(c1ccccc1)N(C)C)c1ccc2c(c1)OCO2. The third-order valence-corrected chi connectivity index (χ3v) is 4.51. The highest BCUT2D eigenvalue weighted by Crippen LogP contribution is 2.34. The molecule has 0 saturated carbocycles. The molecule has 6 heteroatoms. The lowest BCUT2D eigenvalue weighted by atomic mass is 10.1. The molecule has 3 rings (SSSR count). The van der Waals surface area contributed by atoms with Crippen molar-refractivity contribution in [3.8, 4) is 11.5 Å². The summed E-state index contributed by atoms with van der Waals surface area (Å²) in [6, 6.07) is 15.6. The lowest BCUT2D eigenvalue weighted by Gasteiger charge is -2.25. The quantitative estimate of drug-likeness (QED) is 0.836. The molecule has 2 aromatic carbocycles. The number of nitrogens with one attached hydrogen (secondary N) is 2. The van der Waals surface area contributed by atoms with Gasteiger partial charge >= 0.3 is 6.03 Å². The summed E-state index contributed by atoms with van der Waals surface area (Å²) in [6.45, 7) is 2.71. The van der Waals surface area contributed by atoms with Crippen molar-refractivity contribution in [1.82, 2.24) is 15.5 Å². The van der Waals surface area contributed by atoms with Crippen LogP contribution in [-0.4, -0.2) is 38.4 Å². The van der Waals surface area contributed by atoms with Gasteiger partial charge in [0, 0.05) is 6.54 Å². The number of hydrogen-bond acceptors (Lipinski definition) is 4. The highest BCUT2D eigenvalue weighted by molar-refractivity contribution is 5.74. The summed E-state index contributed by atoms with van der Waals surface area (Å²) in [5.74, 6) is 1.45. The molecule has 2 unspecified atom stereocenters. The molecule has 0 radical (unpaired) electrons. The number of fused-ring (bicyclic) bond motifs is 1. The summed E-state index contributed by atoms with van der Waals surface area (Å²) in [6.07, 6.45) is 0. The normalized spacial score (nSPS) is 14.8. The Hall–Kier alpha value is -2.73. The second-order valence-electron chi connectivity index (χ2n) is 6.58. The standard InChI is InChI=1S/C20H25N3O3/c1-14(16-9-10-18-19(11-16)26-13-25-18)22-20(24)21-12-17(23(2)3)15-7-5-4-6-8-15/h4-11,14,17H,12-13H2,1-3H3,(H2,21,22,24). The fourth-order valence-corrected chi connectivity index (χ4v) is 2.98. The molecule has 0 saturated heterocycles. The molecule has 0 aliphatic carbocycles. The van der Waals surface area contributed by atoms with Crippen LogP contribution in [0.25, 0.3) is 0 Å². The number of amides is 2. The third-order valence-electron chi connectivity index (χ3n) is 4.51. The molecule has 2 N–H and O–H groups in total. The molecule has 0 aromatic heterocycles. The minimum absolute atomic E-state index is 0.114. The van der Waals surface area contributed by atoms with Gasteiger partial charge in [0.15, 0.2) is 11.5 Å². The Labute approximate surface area is 154 Å². The van der Waals surface area contributed by atoms with Gasteiger partial charge < -0.3 is 25.0 Å². The average Bonchev–Trinajstić information content (AvgIpc) is 3.10. The summed E-state index contributed by atoms with van der Waals surface area (Å²) >= 11 is 0. The molecule has 1 heterocycles. The van der Waals surface area contributed by atoms with Crippen molar-refractivity contribution in [1.29, 1.82) is 0 Å². The zero-order chi connectivity index (χ0) is 18.5. The van der Waals surface area contributed by atoms with Crippen molar-refractivity contribution in [2.24, 2.45) is 0 Å². The van der Waals surface area contributed by atoms with E-state index in [-0.39, 0.29) is 24.9 Å². The van der Waals surface area contributed by atoms with Crippen LogP contribution < -0.4 is 20.1 Å². The van der Waals surface area contributed by atoms with Gasteiger partial charge in [0.2, 0.25) is 6.79 Å². The van der Waals surface area contributed by atoms with Crippen molar-refractivity contribution in [3.63, 3.8) is 0 Å². The summed E-state index contributed by atoms with van der Waals surface area (Å²) in [5, 5.41) is 5.94. The number of carbonyl (C=O) groups excluding carboxylic acids is 1. The number of ether oxygens (including phenoxy) is 2. The van der Waals surface area contributed by atoms with E-state index < -0.39 is 0 Å². The van der Waals surface area contributed by atoms with Gasteiger partial charge in [-0.25, -0.2) is 4.79 Å². The molecule has 2 amide bonds. The van der Waals surface area contributed by atoms with Crippen LogP contribution in [0.4, 0.5) is 4.79 Å². The van der Waals surface area contributed by atoms with E-state index in [2.05, 4.69) is 27.7 Å². The lowest BCUT2D eigenvalue weighted by molar-refractivity contribution is 0.174. The highest BCUT2D eigenvalue weighted by Gasteiger charge is 2.18. The number of rotatable bonds is 6. The molecule has 0 fully saturated rings. The number of nitrogens with zero attached hydrogens (tertiary/aromatic N) is 1. The molecule has 0 bridgehead atoms. The number of hydrogen-bond donors (Lipinski definition) is 2. The summed E-state index contributed by atoms with van der Waals surface area (Å²) in [7, 11) is 4.01. The number of benzene rings is 2. The van der Waals surface area contributed by atoms with Crippen molar-refractivity contribution >= 4 is 6.03 Å². The van der Waals surface area contributed by atoms with Crippen LogP contribution in [0.15, 0.2) is 48.5 Å². The van der Waals surface area contributed by atoms with Crippen LogP contribution in [0, 0.1) is 0 Å². The molecule has 2 aromatic rings. The van der Waals surface area contributed by atoms with Gasteiger partial charge in [0.25, 0.3) is 0 Å². The summed E-state index contributed by atoms with van der Waals surface area (Å²) < 4.78 is 10.7. The maximum absolute atomic E-state index is 12.3. The topological polar surface area (TPSA) is 62.8 Å². The minimum Gasteiger partial charge on any atom is -0.454 e. The molecule has 0 spiro atoms. The largest absolute Gasteiger partial charge is 0.454 e. The van der Waals surface area contributed by atoms with Crippen LogP contribution in [0.5, 0.6) is 11.5 Å². The zero-order valence-electron chi connectivity index (χ0n) is 15.4. The Bertz CT molecular complexity index is 749. The fraction of sp³-hybridized carbons (Fsp3) is 0.350. The van der Waals surface area contributed by atoms with Gasteiger partial charge in [-0.3, -0.25) is 0 Å². The van der Waals surface area contributed by atoms with E-state index >= 15 is 0 Å². The maximum atomic E-state index is 12.3. The maximum Gasteiger partial charge on any atom is 0.315 e. The second-order valence-corrected chi connectivity index (χ2v) is 6.58. The Kier molecular flexibility index (Phi) is 5.63. The predicted octanol–water partition coefficient (Wildman–Crippen LogP) is 3.08. The first-order chi connectivity index (χ1) is 12.5. The molecular weight excluding hydrogens is 330 g/mol. The molecular formula is C20H25N3O3. The molecule has 2 atom stereocenters. The van der Waals surface area contributed by atoms with Crippen LogP contribution in [0.1, 0.15) is 30.1 Å². The van der Waals surface area contributed by atoms with Crippen LogP contribution in [0.2, 0.25) is 0 Å². The van der Waals surface area contributed by atoms with Crippen LogP contribution >= 0.6 is 0 Å². The molecule has 1 aliphatic rings. The first-order valence-corrected chi connectivity index (χ1v) is 8.70. The number of likely N-dealkylation sites (N-methyl/N-ethyl adjacent to an activating group) is 1. The monoisotopic (exact) mass is 355 g/mol. The highest BCUT2D eigenvalue weighted by atomic mass is 16.7. The van der Waals surface area contributed by atoms with Gasteiger partial charge in [0.1, 0.15) is 0 Å². The van der Waals surface area contributed by atoms with Crippen molar-refractivity contribution in [2.45, 2.75) is 19.0 Å². The van der Waals surface area contributed by atoms with Gasteiger partial charge in [-0.15, -0.1) is 0 Å². The zero-order valence-corrected chi connectivity index (χ0v) is 15.4. The van der Waals surface area contributed by atoms with Crippen molar-refractivity contribution in [3.05, 3.63) is 59.7 Å². The smallest absolute Gasteiger partial charge is 0.315 e. The number of urea groups is 1. The second kappa shape index (κ2) is 8.10. The minimum atomic E-state index is -0.196. The summed E-state index contributed by atoms with van der Waals surface area (Å²) in [4.78, 5) is 14.4. The lowest BCUT2D eigenvalue weighted by Crippen LogP contribution is -2.41. The van der Waals surface area contributed by atoms with E-state index in [4.69, 9.17) is 9.47 Å². The van der Waals surface area contributed by atoms with E-state index in [1.807, 2.05) is 57.4 Å². The molecule has 1 aliphatic heterocycles. The van der Waals surface area contributed by atoms with E-state index in [0.29, 0.717) is 12.3 Å². The van der Waals surface area contributed by atoms with Gasteiger partial charge in [-0.2, -0.15) is 0 Å². The Morgan fingerprint density at radius 3 is 2.54 bits per heavy atom. The van der Waals surface area contributed by atoms with E-state index in [1.54, 1.807) is 0 Å². The van der Waals surface area contributed by atoms with Gasteiger partial charge in [0.05, 0.1) is 12.1 Å². The number of carbonyl (C=O) groups is 1. The first-order valence-electron chi connectivity index (χ1n) is 8.70. The Morgan fingerprint density at radius 2 is 1.81 bits per heavy atom. The molecule has 26 heavy (non-hydrogen) atoms. The van der Waals surface area contributed by atoms with Gasteiger partial charge in [-0.1, -0.05) is 36.4 Å². The van der Waals surface area contributed by atoms with Crippen LogP contribution in [0.3, 0.4) is 0 Å². The predicted molar refractivity (Wildman–Crippen MR) is 100 cm³/mol. The molecule has 6 nitrogen and oxygen atoms in total. The third kappa shape index (κ3) is 4.26. The molecule has 138 valence electrons. The van der Waals surface area contributed by atoms with Gasteiger partial charge in [-0.05, 0) is 44.3 Å². The Morgan fingerprint density at radius 1 is 1.08 bits per heavy atom. The van der Waals surface area contributed by atoms with E-state index in [0.717, 1.165) is 11.3 Å². The fourth-order valence-electron chi connectivity index (χ4n) is 2.98. The van der Waals surface area contributed by atoms with Crippen molar-refractivity contribution in [2.75, 3.05) is 27.4 Å². The van der Waals surface area contributed by atoms with Crippen LogP contribution in [-0.2, 0) is 0 Å². The first kappa shape index (κ1) is 18.1. The summed E-state index contributed by atoms with van der Waals surface area (Å²) in [5.41, 5.74) is 2.14.